The fraction of sp³-hybridized carbons (Fsp3) is 0.533. The minimum Gasteiger partial charge on any atom is -0.371 e. The van der Waals surface area contributed by atoms with Crippen molar-refractivity contribution < 1.29 is 4.79 Å². The number of hydrogen-bond donors (Lipinski definition) is 0. The third kappa shape index (κ3) is 3.09. The summed E-state index contributed by atoms with van der Waals surface area (Å²) in [6.45, 7) is 10.4. The minimum absolute atomic E-state index is 0.119. The second-order valence-corrected chi connectivity index (χ2v) is 5.73. The van der Waals surface area contributed by atoms with Crippen LogP contribution in [-0.2, 0) is 0 Å². The molecular formula is C15H23NO. The van der Waals surface area contributed by atoms with E-state index in [1.807, 2.05) is 24.3 Å². The van der Waals surface area contributed by atoms with Crippen LogP contribution in [0.2, 0.25) is 0 Å². The molecule has 0 aliphatic carbocycles. The highest BCUT2D eigenvalue weighted by Gasteiger charge is 2.25. The monoisotopic (exact) mass is 233 g/mol. The van der Waals surface area contributed by atoms with E-state index in [-0.39, 0.29) is 11.2 Å². The van der Waals surface area contributed by atoms with Gasteiger partial charge in [0.15, 0.2) is 5.78 Å². The lowest BCUT2D eigenvalue weighted by Crippen LogP contribution is -2.40. The molecule has 0 radical (unpaired) electrons. The van der Waals surface area contributed by atoms with Gasteiger partial charge in [-0.2, -0.15) is 0 Å². The molecule has 0 heterocycles. The molecule has 0 fully saturated rings. The van der Waals surface area contributed by atoms with Crippen molar-refractivity contribution in [2.45, 2.75) is 40.7 Å². The topological polar surface area (TPSA) is 20.3 Å². The number of nitrogens with zero attached hydrogens (tertiary/aromatic N) is 1. The van der Waals surface area contributed by atoms with Crippen molar-refractivity contribution in [3.05, 3.63) is 29.8 Å². The maximum absolute atomic E-state index is 11.6. The molecule has 2 heteroatoms. The summed E-state index contributed by atoms with van der Waals surface area (Å²) in [5.41, 5.74) is 1.99. The highest BCUT2D eigenvalue weighted by atomic mass is 16.1. The number of carbonyl (C=O) groups excluding carboxylic acids is 1. The Labute approximate surface area is 105 Å². The largest absolute Gasteiger partial charge is 0.371 e. The van der Waals surface area contributed by atoms with Gasteiger partial charge in [-0.05, 0) is 31.4 Å². The first-order chi connectivity index (χ1) is 7.75. The van der Waals surface area contributed by atoms with E-state index in [2.05, 4.69) is 39.6 Å². The molecule has 2 nitrogen and oxygen atoms in total. The van der Waals surface area contributed by atoms with Gasteiger partial charge in [-0.15, -0.1) is 0 Å². The number of para-hydroxylation sites is 1. The average molecular weight is 233 g/mol. The summed E-state index contributed by atoms with van der Waals surface area (Å²) >= 11 is 0. The van der Waals surface area contributed by atoms with Gasteiger partial charge in [0, 0.05) is 24.3 Å². The minimum atomic E-state index is 0.119. The summed E-state index contributed by atoms with van der Waals surface area (Å²) in [6.07, 6.45) is 0. The lowest BCUT2D eigenvalue weighted by atomic mass is 9.86. The van der Waals surface area contributed by atoms with Crippen molar-refractivity contribution in [2.24, 2.45) is 5.41 Å². The summed E-state index contributed by atoms with van der Waals surface area (Å²) in [5, 5.41) is 0. The van der Waals surface area contributed by atoms with Crippen molar-refractivity contribution in [3.8, 4) is 0 Å². The molecule has 0 saturated carbocycles. The third-order valence-corrected chi connectivity index (χ3v) is 3.50. The normalized spacial score (nSPS) is 13.3. The van der Waals surface area contributed by atoms with Crippen LogP contribution in [0.1, 0.15) is 45.0 Å². The van der Waals surface area contributed by atoms with Crippen molar-refractivity contribution in [1.82, 2.24) is 0 Å². The van der Waals surface area contributed by atoms with E-state index in [0.717, 1.165) is 11.3 Å². The van der Waals surface area contributed by atoms with E-state index in [1.54, 1.807) is 6.92 Å². The molecule has 94 valence electrons. The molecule has 1 aromatic rings. The molecule has 0 aromatic heterocycles. The zero-order chi connectivity index (χ0) is 13.2. The van der Waals surface area contributed by atoms with Crippen LogP contribution in [0.25, 0.3) is 0 Å². The number of benzene rings is 1. The number of Topliss-reactive ketones (excluding diaryl/α,β-unsaturated/α-hetero) is 1. The highest BCUT2D eigenvalue weighted by molar-refractivity contribution is 5.99. The maximum atomic E-state index is 11.6. The Hall–Kier alpha value is -1.31. The average Bonchev–Trinajstić information content (AvgIpc) is 2.25. The van der Waals surface area contributed by atoms with Gasteiger partial charge in [-0.3, -0.25) is 4.79 Å². The summed E-state index contributed by atoms with van der Waals surface area (Å²) in [5.74, 6) is 0.119. The number of carbonyl (C=O) groups is 1. The van der Waals surface area contributed by atoms with Crippen LogP contribution in [0, 0.1) is 5.41 Å². The van der Waals surface area contributed by atoms with E-state index in [1.165, 1.54) is 0 Å². The molecule has 0 aliphatic heterocycles. The molecule has 0 N–H and O–H groups in total. The Balaban J connectivity index is 3.12. The first-order valence-corrected chi connectivity index (χ1v) is 6.08. The zero-order valence-electron chi connectivity index (χ0n) is 11.7. The van der Waals surface area contributed by atoms with E-state index in [0.29, 0.717) is 6.04 Å². The number of hydrogen-bond acceptors (Lipinski definition) is 2. The van der Waals surface area contributed by atoms with Crippen LogP contribution in [0.4, 0.5) is 5.69 Å². The van der Waals surface area contributed by atoms with Gasteiger partial charge in [-0.25, -0.2) is 0 Å². The summed E-state index contributed by atoms with van der Waals surface area (Å²) in [7, 11) is 2.05. The van der Waals surface area contributed by atoms with Crippen molar-refractivity contribution in [1.29, 1.82) is 0 Å². The van der Waals surface area contributed by atoms with Gasteiger partial charge < -0.3 is 4.90 Å². The molecule has 1 rings (SSSR count). The van der Waals surface area contributed by atoms with Crippen LogP contribution in [0.15, 0.2) is 24.3 Å². The summed E-state index contributed by atoms with van der Waals surface area (Å²) < 4.78 is 0. The molecular weight excluding hydrogens is 210 g/mol. The fourth-order valence-corrected chi connectivity index (χ4v) is 1.87. The van der Waals surface area contributed by atoms with Gasteiger partial charge in [0.25, 0.3) is 0 Å². The third-order valence-electron chi connectivity index (χ3n) is 3.50. The van der Waals surface area contributed by atoms with Gasteiger partial charge in [0.2, 0.25) is 0 Å². The smallest absolute Gasteiger partial charge is 0.161 e. The van der Waals surface area contributed by atoms with Crippen molar-refractivity contribution in [3.63, 3.8) is 0 Å². The van der Waals surface area contributed by atoms with Crippen LogP contribution >= 0.6 is 0 Å². The molecule has 1 atom stereocenters. The zero-order valence-corrected chi connectivity index (χ0v) is 11.7. The SMILES string of the molecule is CC(=O)c1ccccc1N(C)C(C)C(C)(C)C. The Morgan fingerprint density at radius 2 is 1.76 bits per heavy atom. The summed E-state index contributed by atoms with van der Waals surface area (Å²) in [4.78, 5) is 13.8. The Morgan fingerprint density at radius 1 is 1.24 bits per heavy atom. The first kappa shape index (κ1) is 13.8. The highest BCUT2D eigenvalue weighted by Crippen LogP contribution is 2.29. The van der Waals surface area contributed by atoms with Crippen LogP contribution in [0.3, 0.4) is 0 Å². The molecule has 0 aliphatic rings. The quantitative estimate of drug-likeness (QED) is 0.741. The van der Waals surface area contributed by atoms with Crippen LogP contribution in [-0.4, -0.2) is 18.9 Å². The lowest BCUT2D eigenvalue weighted by molar-refractivity contribution is 0.101. The summed E-state index contributed by atoms with van der Waals surface area (Å²) in [6, 6.07) is 8.16. The Morgan fingerprint density at radius 3 is 2.24 bits per heavy atom. The lowest BCUT2D eigenvalue weighted by Gasteiger charge is -2.37. The van der Waals surface area contributed by atoms with Gasteiger partial charge in [0.05, 0.1) is 0 Å². The molecule has 0 spiro atoms. The standard InChI is InChI=1S/C15H23NO/c1-11(17)13-9-7-8-10-14(13)16(6)12(2)15(3,4)5/h7-10,12H,1-6H3. The van der Waals surface area contributed by atoms with Gasteiger partial charge >= 0.3 is 0 Å². The molecule has 1 unspecified atom stereocenters. The second-order valence-electron chi connectivity index (χ2n) is 5.73. The van der Waals surface area contributed by atoms with Gasteiger partial charge in [0.1, 0.15) is 0 Å². The van der Waals surface area contributed by atoms with Gasteiger partial charge in [-0.1, -0.05) is 32.9 Å². The van der Waals surface area contributed by atoms with Crippen molar-refractivity contribution in [2.75, 3.05) is 11.9 Å². The first-order valence-electron chi connectivity index (χ1n) is 6.08. The van der Waals surface area contributed by atoms with Crippen molar-refractivity contribution >= 4 is 11.5 Å². The molecule has 0 bridgehead atoms. The van der Waals surface area contributed by atoms with E-state index in [4.69, 9.17) is 0 Å². The fourth-order valence-electron chi connectivity index (χ4n) is 1.87. The molecule has 0 saturated heterocycles. The molecule has 1 aromatic carbocycles. The second kappa shape index (κ2) is 4.91. The number of ketones is 1. The molecule has 17 heavy (non-hydrogen) atoms. The van der Waals surface area contributed by atoms with Crippen LogP contribution in [0.5, 0.6) is 0 Å². The van der Waals surface area contributed by atoms with E-state index >= 15 is 0 Å². The van der Waals surface area contributed by atoms with E-state index in [9.17, 15) is 4.79 Å². The number of anilines is 1. The molecule has 0 amide bonds. The van der Waals surface area contributed by atoms with E-state index < -0.39 is 0 Å². The Kier molecular flexibility index (Phi) is 3.97. The predicted octanol–water partition coefficient (Wildman–Crippen LogP) is 3.76. The predicted molar refractivity (Wildman–Crippen MR) is 73.8 cm³/mol. The number of rotatable bonds is 3. The Bertz CT molecular complexity index is 404. The van der Waals surface area contributed by atoms with Crippen LogP contribution < -0.4 is 4.90 Å². The maximum Gasteiger partial charge on any atom is 0.161 e.